The molecule has 0 fully saturated rings. The van der Waals surface area contributed by atoms with Crippen molar-refractivity contribution < 1.29 is 4.74 Å². The molecule has 1 aromatic heterocycles. The number of rotatable bonds is 4. The lowest BCUT2D eigenvalue weighted by atomic mass is 10.3. The predicted octanol–water partition coefficient (Wildman–Crippen LogP) is 3.31. The summed E-state index contributed by atoms with van der Waals surface area (Å²) in [6, 6.07) is 7.58. The maximum Gasteiger partial charge on any atom is 0.192 e. The van der Waals surface area contributed by atoms with Gasteiger partial charge in [0.15, 0.2) is 5.16 Å². The van der Waals surface area contributed by atoms with Crippen LogP contribution in [-0.4, -0.2) is 16.1 Å². The van der Waals surface area contributed by atoms with Crippen LogP contribution in [0.3, 0.4) is 0 Å². The number of aromatic nitrogens is 2. The van der Waals surface area contributed by atoms with Crippen molar-refractivity contribution in [3.8, 4) is 5.75 Å². The number of hydrogen-bond acceptors (Lipinski definition) is 5. The fourth-order valence-corrected chi connectivity index (χ4v) is 2.33. The number of nitrogens with two attached hydrogens (primary N) is 1. The van der Waals surface area contributed by atoms with Crippen molar-refractivity contribution >= 4 is 17.4 Å². The van der Waals surface area contributed by atoms with E-state index in [0.717, 1.165) is 15.7 Å². The lowest BCUT2D eigenvalue weighted by molar-refractivity contribution is 0.243. The summed E-state index contributed by atoms with van der Waals surface area (Å²) in [6.45, 7) is 5.90. The summed E-state index contributed by atoms with van der Waals surface area (Å²) >= 11 is 1.49. The number of nitrogen functional groups attached to an aromatic ring is 1. The molecule has 2 N–H and O–H groups in total. The van der Waals surface area contributed by atoms with Gasteiger partial charge in [-0.15, -0.1) is 0 Å². The van der Waals surface area contributed by atoms with Gasteiger partial charge in [-0.25, -0.2) is 9.97 Å². The van der Waals surface area contributed by atoms with Crippen LogP contribution in [-0.2, 0) is 0 Å². The number of hydrogen-bond donors (Lipinski definition) is 1. The molecule has 0 saturated heterocycles. The SMILES string of the molecule is Cc1ccnc(Sc2ccc(N)c(OC(C)C)c2)n1. The number of ether oxygens (including phenoxy) is 1. The zero-order valence-electron chi connectivity index (χ0n) is 11.3. The van der Waals surface area contributed by atoms with E-state index in [2.05, 4.69) is 9.97 Å². The second kappa shape index (κ2) is 5.93. The van der Waals surface area contributed by atoms with Crippen LogP contribution in [0, 0.1) is 6.92 Å². The molecule has 1 heterocycles. The van der Waals surface area contributed by atoms with Gasteiger partial charge in [-0.05, 0) is 56.8 Å². The number of nitrogens with zero attached hydrogens (tertiary/aromatic N) is 2. The van der Waals surface area contributed by atoms with E-state index in [1.54, 1.807) is 6.20 Å². The third-order valence-corrected chi connectivity index (χ3v) is 3.20. The van der Waals surface area contributed by atoms with E-state index in [4.69, 9.17) is 10.5 Å². The van der Waals surface area contributed by atoms with Gasteiger partial charge in [-0.1, -0.05) is 0 Å². The molecule has 0 atom stereocenters. The standard InChI is InChI=1S/C14H17N3OS/c1-9(2)18-13-8-11(4-5-12(13)15)19-14-16-7-6-10(3)17-14/h4-9H,15H2,1-3H3. The molecule has 1 aromatic carbocycles. The second-order valence-corrected chi connectivity index (χ2v) is 5.49. The molecular formula is C14H17N3OS. The number of aryl methyl sites for hydroxylation is 1. The summed E-state index contributed by atoms with van der Waals surface area (Å²) in [5.41, 5.74) is 7.48. The molecule has 0 amide bonds. The first kappa shape index (κ1) is 13.7. The van der Waals surface area contributed by atoms with Gasteiger partial charge in [0, 0.05) is 16.8 Å². The average molecular weight is 275 g/mol. The Morgan fingerprint density at radius 3 is 2.74 bits per heavy atom. The van der Waals surface area contributed by atoms with Gasteiger partial charge in [0.2, 0.25) is 0 Å². The Bertz CT molecular complexity index is 572. The van der Waals surface area contributed by atoms with Gasteiger partial charge in [0.05, 0.1) is 11.8 Å². The molecule has 4 nitrogen and oxygen atoms in total. The minimum absolute atomic E-state index is 0.0952. The molecule has 0 aliphatic carbocycles. The molecular weight excluding hydrogens is 258 g/mol. The molecule has 2 rings (SSSR count). The summed E-state index contributed by atoms with van der Waals surface area (Å²) < 4.78 is 5.67. The van der Waals surface area contributed by atoms with Crippen molar-refractivity contribution in [2.45, 2.75) is 36.9 Å². The zero-order valence-corrected chi connectivity index (χ0v) is 12.1. The molecule has 0 radical (unpaired) electrons. The van der Waals surface area contributed by atoms with Crippen molar-refractivity contribution in [1.29, 1.82) is 0 Å². The van der Waals surface area contributed by atoms with Gasteiger partial charge in [-0.3, -0.25) is 0 Å². The highest BCUT2D eigenvalue weighted by Gasteiger charge is 2.07. The first-order chi connectivity index (χ1) is 9.04. The van der Waals surface area contributed by atoms with Crippen LogP contribution < -0.4 is 10.5 Å². The smallest absolute Gasteiger partial charge is 0.192 e. The third kappa shape index (κ3) is 3.86. The van der Waals surface area contributed by atoms with Crippen molar-refractivity contribution in [2.24, 2.45) is 0 Å². The average Bonchev–Trinajstić information content (AvgIpc) is 2.33. The lowest BCUT2D eigenvalue weighted by Crippen LogP contribution is -2.07. The Morgan fingerprint density at radius 2 is 2.05 bits per heavy atom. The summed E-state index contributed by atoms with van der Waals surface area (Å²) in [5.74, 6) is 0.702. The lowest BCUT2D eigenvalue weighted by Gasteiger charge is -2.13. The Morgan fingerprint density at radius 1 is 1.26 bits per heavy atom. The van der Waals surface area contributed by atoms with Crippen LogP contribution >= 0.6 is 11.8 Å². The highest BCUT2D eigenvalue weighted by molar-refractivity contribution is 7.99. The molecule has 0 spiro atoms. The first-order valence-electron chi connectivity index (χ1n) is 6.08. The second-order valence-electron chi connectivity index (χ2n) is 4.45. The molecule has 5 heteroatoms. The van der Waals surface area contributed by atoms with E-state index >= 15 is 0 Å². The summed E-state index contributed by atoms with van der Waals surface area (Å²) in [6.07, 6.45) is 1.85. The minimum atomic E-state index is 0.0952. The fraction of sp³-hybridized carbons (Fsp3) is 0.286. The van der Waals surface area contributed by atoms with Crippen molar-refractivity contribution in [2.75, 3.05) is 5.73 Å². The zero-order chi connectivity index (χ0) is 13.8. The molecule has 0 bridgehead atoms. The minimum Gasteiger partial charge on any atom is -0.489 e. The van der Waals surface area contributed by atoms with Gasteiger partial charge in [0.1, 0.15) is 5.75 Å². The number of anilines is 1. The maximum atomic E-state index is 5.89. The Balaban J connectivity index is 2.21. The third-order valence-electron chi connectivity index (χ3n) is 2.33. The molecule has 0 aliphatic heterocycles. The van der Waals surface area contributed by atoms with Crippen molar-refractivity contribution in [3.05, 3.63) is 36.2 Å². The molecule has 0 saturated carbocycles. The van der Waals surface area contributed by atoms with Crippen molar-refractivity contribution in [1.82, 2.24) is 9.97 Å². The molecule has 0 aliphatic rings. The maximum absolute atomic E-state index is 5.89. The van der Waals surface area contributed by atoms with E-state index in [1.165, 1.54) is 11.8 Å². The first-order valence-corrected chi connectivity index (χ1v) is 6.90. The summed E-state index contributed by atoms with van der Waals surface area (Å²) in [7, 11) is 0. The highest BCUT2D eigenvalue weighted by atomic mass is 32.2. The monoisotopic (exact) mass is 275 g/mol. The Kier molecular flexibility index (Phi) is 4.27. The summed E-state index contributed by atoms with van der Waals surface area (Å²) in [4.78, 5) is 9.60. The topological polar surface area (TPSA) is 61.0 Å². The summed E-state index contributed by atoms with van der Waals surface area (Å²) in [5, 5.41) is 0.722. The molecule has 100 valence electrons. The van der Waals surface area contributed by atoms with Crippen molar-refractivity contribution in [3.63, 3.8) is 0 Å². The molecule has 0 unspecified atom stereocenters. The molecule has 19 heavy (non-hydrogen) atoms. The van der Waals surface area contributed by atoms with E-state index in [1.807, 2.05) is 45.0 Å². The van der Waals surface area contributed by atoms with Crippen LogP contribution in [0.1, 0.15) is 19.5 Å². The van der Waals surface area contributed by atoms with Crippen LogP contribution in [0.2, 0.25) is 0 Å². The normalized spacial score (nSPS) is 10.7. The van der Waals surface area contributed by atoms with Gasteiger partial charge >= 0.3 is 0 Å². The Hall–Kier alpha value is -1.75. The quantitative estimate of drug-likeness (QED) is 0.685. The largest absolute Gasteiger partial charge is 0.489 e. The van der Waals surface area contributed by atoms with E-state index in [-0.39, 0.29) is 6.10 Å². The van der Waals surface area contributed by atoms with Crippen LogP contribution in [0.15, 0.2) is 40.5 Å². The fourth-order valence-electron chi connectivity index (χ4n) is 1.51. The predicted molar refractivity (Wildman–Crippen MR) is 77.5 cm³/mol. The Labute approximate surface area is 117 Å². The highest BCUT2D eigenvalue weighted by Crippen LogP contribution is 2.31. The van der Waals surface area contributed by atoms with Gasteiger partial charge in [0.25, 0.3) is 0 Å². The molecule has 2 aromatic rings. The van der Waals surface area contributed by atoms with E-state index in [9.17, 15) is 0 Å². The van der Waals surface area contributed by atoms with Crippen LogP contribution in [0.25, 0.3) is 0 Å². The van der Waals surface area contributed by atoms with Crippen LogP contribution in [0.4, 0.5) is 5.69 Å². The van der Waals surface area contributed by atoms with E-state index < -0.39 is 0 Å². The van der Waals surface area contributed by atoms with Gasteiger partial charge in [-0.2, -0.15) is 0 Å². The van der Waals surface area contributed by atoms with Gasteiger partial charge < -0.3 is 10.5 Å². The number of benzene rings is 1. The van der Waals surface area contributed by atoms with Crippen LogP contribution in [0.5, 0.6) is 5.75 Å². The van der Waals surface area contributed by atoms with E-state index in [0.29, 0.717) is 11.4 Å².